The van der Waals surface area contributed by atoms with E-state index in [-0.39, 0.29) is 13.0 Å². The van der Waals surface area contributed by atoms with Crippen molar-refractivity contribution in [3.63, 3.8) is 0 Å². The van der Waals surface area contributed by atoms with Gasteiger partial charge in [-0.15, -0.1) is 0 Å². The fourth-order valence-electron chi connectivity index (χ4n) is 1.19. The predicted octanol–water partition coefficient (Wildman–Crippen LogP) is 1.01. The molecule has 15 heavy (non-hydrogen) atoms. The van der Waals surface area contributed by atoms with E-state index in [1.54, 1.807) is 0 Å². The number of carbonyl (C=O) groups is 1. The molecule has 0 aliphatic carbocycles. The van der Waals surface area contributed by atoms with Crippen LogP contribution in [-0.2, 0) is 16.1 Å². The molecule has 0 aromatic heterocycles. The molecule has 0 amide bonds. The zero-order valence-electron chi connectivity index (χ0n) is 8.43. The van der Waals surface area contributed by atoms with Gasteiger partial charge in [0, 0.05) is 6.04 Å². The van der Waals surface area contributed by atoms with Crippen LogP contribution in [0.1, 0.15) is 12.0 Å². The number of hydrogen-bond donors (Lipinski definition) is 2. The first kappa shape index (κ1) is 11.7. The normalized spacial score (nSPS) is 12.3. The lowest BCUT2D eigenvalue weighted by Crippen LogP contribution is -2.28. The number of rotatable bonds is 6. The Hall–Kier alpha value is -1.39. The number of aliphatic carboxylic acids is 1. The van der Waals surface area contributed by atoms with Crippen molar-refractivity contribution < 1.29 is 14.6 Å². The third-order valence-corrected chi connectivity index (χ3v) is 1.88. The molecule has 1 rings (SSSR count). The van der Waals surface area contributed by atoms with Crippen LogP contribution in [0.3, 0.4) is 0 Å². The van der Waals surface area contributed by atoms with E-state index in [4.69, 9.17) is 15.6 Å². The van der Waals surface area contributed by atoms with E-state index in [0.717, 1.165) is 5.56 Å². The molecule has 3 N–H and O–H groups in total. The molecular weight excluding hydrogens is 194 g/mol. The molecule has 0 saturated heterocycles. The monoisotopic (exact) mass is 209 g/mol. The lowest BCUT2D eigenvalue weighted by molar-refractivity contribution is -0.137. The maximum absolute atomic E-state index is 10.3. The zero-order chi connectivity index (χ0) is 11.1. The van der Waals surface area contributed by atoms with Crippen molar-refractivity contribution in [3.05, 3.63) is 35.9 Å². The van der Waals surface area contributed by atoms with Crippen LogP contribution in [-0.4, -0.2) is 23.7 Å². The van der Waals surface area contributed by atoms with Gasteiger partial charge in [-0.25, -0.2) is 0 Å². The lowest BCUT2D eigenvalue weighted by atomic mass is 10.2. The maximum Gasteiger partial charge on any atom is 0.305 e. The Labute approximate surface area is 88.7 Å². The number of benzene rings is 1. The SMILES string of the molecule is N[C@@H](COCc1ccccc1)CC(=O)O. The van der Waals surface area contributed by atoms with E-state index in [9.17, 15) is 4.79 Å². The average molecular weight is 209 g/mol. The molecule has 1 atom stereocenters. The molecule has 0 fully saturated rings. The van der Waals surface area contributed by atoms with Gasteiger partial charge in [0.25, 0.3) is 0 Å². The van der Waals surface area contributed by atoms with Crippen molar-refractivity contribution in [2.75, 3.05) is 6.61 Å². The quantitative estimate of drug-likeness (QED) is 0.733. The minimum absolute atomic E-state index is 0.0607. The Balaban J connectivity index is 2.19. The smallest absolute Gasteiger partial charge is 0.305 e. The Morgan fingerprint density at radius 3 is 2.67 bits per heavy atom. The van der Waals surface area contributed by atoms with Crippen molar-refractivity contribution in [2.45, 2.75) is 19.1 Å². The van der Waals surface area contributed by atoms with Gasteiger partial charge in [-0.1, -0.05) is 30.3 Å². The molecule has 0 aliphatic heterocycles. The van der Waals surface area contributed by atoms with Gasteiger partial charge in [0.1, 0.15) is 0 Å². The van der Waals surface area contributed by atoms with E-state index < -0.39 is 12.0 Å². The number of carboxylic acid groups (broad SMARTS) is 1. The molecule has 1 aromatic carbocycles. The summed E-state index contributed by atoms with van der Waals surface area (Å²) in [6.07, 6.45) is -0.0607. The Morgan fingerprint density at radius 1 is 1.40 bits per heavy atom. The van der Waals surface area contributed by atoms with Gasteiger partial charge in [0.2, 0.25) is 0 Å². The summed E-state index contributed by atoms with van der Waals surface area (Å²) in [4.78, 5) is 10.3. The van der Waals surface area contributed by atoms with E-state index in [2.05, 4.69) is 0 Å². The highest BCUT2D eigenvalue weighted by molar-refractivity contribution is 5.67. The van der Waals surface area contributed by atoms with Gasteiger partial charge in [-0.3, -0.25) is 4.79 Å². The van der Waals surface area contributed by atoms with E-state index in [0.29, 0.717) is 6.61 Å². The Morgan fingerprint density at radius 2 is 2.07 bits per heavy atom. The Bertz CT molecular complexity index is 300. The first-order valence-electron chi connectivity index (χ1n) is 4.77. The molecule has 0 unspecified atom stereocenters. The molecule has 0 radical (unpaired) electrons. The summed E-state index contributed by atoms with van der Waals surface area (Å²) < 4.78 is 5.29. The molecule has 1 aromatic rings. The highest BCUT2D eigenvalue weighted by atomic mass is 16.5. The zero-order valence-corrected chi connectivity index (χ0v) is 8.43. The number of nitrogens with two attached hydrogens (primary N) is 1. The lowest BCUT2D eigenvalue weighted by Gasteiger charge is -2.09. The van der Waals surface area contributed by atoms with Crippen molar-refractivity contribution in [1.82, 2.24) is 0 Å². The van der Waals surface area contributed by atoms with Crippen molar-refractivity contribution >= 4 is 5.97 Å². The second-order valence-corrected chi connectivity index (χ2v) is 3.36. The summed E-state index contributed by atoms with van der Waals surface area (Å²) in [7, 11) is 0. The van der Waals surface area contributed by atoms with Gasteiger partial charge in [-0.05, 0) is 5.56 Å². The second kappa shape index (κ2) is 6.16. The maximum atomic E-state index is 10.3. The molecule has 0 saturated carbocycles. The predicted molar refractivity (Wildman–Crippen MR) is 56.3 cm³/mol. The van der Waals surface area contributed by atoms with Crippen molar-refractivity contribution in [1.29, 1.82) is 0 Å². The molecule has 0 spiro atoms. The molecule has 4 nitrogen and oxygen atoms in total. The first-order valence-corrected chi connectivity index (χ1v) is 4.77. The third kappa shape index (κ3) is 5.15. The Kier molecular flexibility index (Phi) is 4.80. The largest absolute Gasteiger partial charge is 0.481 e. The number of ether oxygens (including phenoxy) is 1. The summed E-state index contributed by atoms with van der Waals surface area (Å²) in [6.45, 7) is 0.732. The van der Waals surface area contributed by atoms with Crippen LogP contribution in [0, 0.1) is 0 Å². The van der Waals surface area contributed by atoms with Crippen LogP contribution in [0.4, 0.5) is 0 Å². The van der Waals surface area contributed by atoms with E-state index in [1.165, 1.54) is 0 Å². The molecule has 0 aliphatic rings. The molecule has 82 valence electrons. The number of carboxylic acids is 1. The molecule has 4 heteroatoms. The minimum Gasteiger partial charge on any atom is -0.481 e. The molecule has 0 heterocycles. The van der Waals surface area contributed by atoms with Crippen LogP contribution in [0.25, 0.3) is 0 Å². The third-order valence-electron chi connectivity index (χ3n) is 1.88. The van der Waals surface area contributed by atoms with Gasteiger partial charge in [0.05, 0.1) is 19.6 Å². The number of hydrogen-bond acceptors (Lipinski definition) is 3. The standard InChI is InChI=1S/C11H15NO3/c12-10(6-11(13)14)8-15-7-9-4-2-1-3-5-9/h1-5,10H,6-8,12H2,(H,13,14)/t10-/m1/s1. The summed E-state index contributed by atoms with van der Waals surface area (Å²) in [6, 6.07) is 9.24. The first-order chi connectivity index (χ1) is 7.18. The summed E-state index contributed by atoms with van der Waals surface area (Å²) in [5.41, 5.74) is 6.59. The van der Waals surface area contributed by atoms with Gasteiger partial charge in [0.15, 0.2) is 0 Å². The van der Waals surface area contributed by atoms with Crippen LogP contribution >= 0.6 is 0 Å². The summed E-state index contributed by atoms with van der Waals surface area (Å²) in [5, 5.41) is 8.46. The van der Waals surface area contributed by atoms with Gasteiger partial charge < -0.3 is 15.6 Å². The summed E-state index contributed by atoms with van der Waals surface area (Å²) in [5.74, 6) is -0.897. The topological polar surface area (TPSA) is 72.5 Å². The van der Waals surface area contributed by atoms with Crippen molar-refractivity contribution in [3.8, 4) is 0 Å². The van der Waals surface area contributed by atoms with Crippen LogP contribution < -0.4 is 5.73 Å². The molecular formula is C11H15NO3. The van der Waals surface area contributed by atoms with E-state index >= 15 is 0 Å². The van der Waals surface area contributed by atoms with Crippen LogP contribution in [0.2, 0.25) is 0 Å². The van der Waals surface area contributed by atoms with Gasteiger partial charge in [-0.2, -0.15) is 0 Å². The fourth-order valence-corrected chi connectivity index (χ4v) is 1.19. The highest BCUT2D eigenvalue weighted by Gasteiger charge is 2.07. The average Bonchev–Trinajstić information content (AvgIpc) is 2.18. The van der Waals surface area contributed by atoms with Crippen molar-refractivity contribution in [2.24, 2.45) is 5.73 Å². The van der Waals surface area contributed by atoms with Crippen LogP contribution in [0.5, 0.6) is 0 Å². The second-order valence-electron chi connectivity index (χ2n) is 3.36. The fraction of sp³-hybridized carbons (Fsp3) is 0.364. The molecule has 0 bridgehead atoms. The minimum atomic E-state index is -0.897. The summed E-state index contributed by atoms with van der Waals surface area (Å²) >= 11 is 0. The van der Waals surface area contributed by atoms with Gasteiger partial charge >= 0.3 is 5.97 Å². The van der Waals surface area contributed by atoms with E-state index in [1.807, 2.05) is 30.3 Å². The van der Waals surface area contributed by atoms with Crippen LogP contribution in [0.15, 0.2) is 30.3 Å². The highest BCUT2D eigenvalue weighted by Crippen LogP contribution is 2.01.